The zero-order chi connectivity index (χ0) is 21.8. The summed E-state index contributed by atoms with van der Waals surface area (Å²) in [6, 6.07) is 19.7. The Morgan fingerprint density at radius 3 is 2.55 bits per heavy atom. The second-order valence-corrected chi connectivity index (χ2v) is 6.43. The summed E-state index contributed by atoms with van der Waals surface area (Å²) in [5.41, 5.74) is 1.54. The monoisotopic (exact) mass is 416 g/mol. The molecule has 9 nitrogen and oxygen atoms in total. The molecule has 0 aliphatic heterocycles. The van der Waals surface area contributed by atoms with Gasteiger partial charge in [-0.05, 0) is 30.3 Å². The molecule has 1 N–H and O–H groups in total. The molecule has 0 atom stereocenters. The number of nitro groups is 1. The van der Waals surface area contributed by atoms with Crippen molar-refractivity contribution in [1.82, 2.24) is 10.1 Å². The van der Waals surface area contributed by atoms with Gasteiger partial charge in [0.2, 0.25) is 5.82 Å². The van der Waals surface area contributed by atoms with Gasteiger partial charge in [-0.15, -0.1) is 0 Å². The highest BCUT2D eigenvalue weighted by molar-refractivity contribution is 6.08. The molecule has 1 aromatic heterocycles. The number of non-ortho nitro benzene ring substituents is 1. The predicted octanol–water partition coefficient (Wildman–Crippen LogP) is 4.57. The molecule has 0 saturated heterocycles. The van der Waals surface area contributed by atoms with E-state index in [1.807, 2.05) is 12.1 Å². The highest BCUT2D eigenvalue weighted by atomic mass is 16.6. The molecule has 0 spiro atoms. The summed E-state index contributed by atoms with van der Waals surface area (Å²) in [4.78, 5) is 27.7. The van der Waals surface area contributed by atoms with Gasteiger partial charge in [-0.3, -0.25) is 14.9 Å². The van der Waals surface area contributed by atoms with Crippen LogP contribution in [0.3, 0.4) is 0 Å². The van der Waals surface area contributed by atoms with Crippen LogP contribution in [0.1, 0.15) is 10.4 Å². The van der Waals surface area contributed by atoms with Gasteiger partial charge in [0.05, 0.1) is 28.7 Å². The van der Waals surface area contributed by atoms with E-state index in [0.29, 0.717) is 28.4 Å². The number of carbonyl (C=O) groups excluding carboxylic acids is 1. The zero-order valence-electron chi connectivity index (χ0n) is 16.3. The van der Waals surface area contributed by atoms with E-state index < -0.39 is 10.8 Å². The number of ether oxygens (including phenoxy) is 1. The van der Waals surface area contributed by atoms with Crippen LogP contribution in [0, 0.1) is 10.1 Å². The molecule has 0 bridgehead atoms. The zero-order valence-corrected chi connectivity index (χ0v) is 16.3. The van der Waals surface area contributed by atoms with Crippen molar-refractivity contribution >= 4 is 17.3 Å². The third-order valence-electron chi connectivity index (χ3n) is 4.49. The number of hydrogen-bond acceptors (Lipinski definition) is 7. The standard InChI is InChI=1S/C22H16N4O5/c1-30-19-12-5-4-11-18(19)20-24-22(31-25-20)17-10-3-2-9-16(17)21(27)23-14-7-6-8-15(13-14)26(28)29/h2-13H,1H3,(H,23,27). The van der Waals surface area contributed by atoms with E-state index in [1.54, 1.807) is 49.6 Å². The molecule has 0 saturated carbocycles. The number of hydrogen-bond donors (Lipinski definition) is 1. The number of nitrogens with zero attached hydrogens (tertiary/aromatic N) is 3. The number of nitro benzene ring substituents is 1. The summed E-state index contributed by atoms with van der Waals surface area (Å²) in [5, 5.41) is 17.7. The average Bonchev–Trinajstić information content (AvgIpc) is 3.29. The van der Waals surface area contributed by atoms with Crippen LogP contribution < -0.4 is 10.1 Å². The summed E-state index contributed by atoms with van der Waals surface area (Å²) in [7, 11) is 1.55. The molecule has 0 fully saturated rings. The number of aromatic nitrogens is 2. The van der Waals surface area contributed by atoms with Crippen molar-refractivity contribution in [3.05, 3.63) is 88.5 Å². The van der Waals surface area contributed by atoms with Crippen LogP contribution in [0.2, 0.25) is 0 Å². The normalized spacial score (nSPS) is 10.5. The van der Waals surface area contributed by atoms with Gasteiger partial charge in [0.15, 0.2) is 0 Å². The maximum atomic E-state index is 12.9. The van der Waals surface area contributed by atoms with Crippen molar-refractivity contribution in [1.29, 1.82) is 0 Å². The van der Waals surface area contributed by atoms with Crippen LogP contribution in [0.25, 0.3) is 22.8 Å². The van der Waals surface area contributed by atoms with E-state index in [0.717, 1.165) is 0 Å². The first kappa shape index (κ1) is 19.8. The Morgan fingerprint density at radius 2 is 1.77 bits per heavy atom. The fraction of sp³-hybridized carbons (Fsp3) is 0.0455. The van der Waals surface area contributed by atoms with Crippen LogP contribution >= 0.6 is 0 Å². The molecule has 31 heavy (non-hydrogen) atoms. The number of nitrogens with one attached hydrogen (secondary N) is 1. The molecule has 1 amide bonds. The lowest BCUT2D eigenvalue weighted by atomic mass is 10.1. The molecule has 154 valence electrons. The predicted molar refractivity (Wildman–Crippen MR) is 113 cm³/mol. The van der Waals surface area contributed by atoms with Crippen molar-refractivity contribution in [2.75, 3.05) is 12.4 Å². The number of rotatable bonds is 6. The lowest BCUT2D eigenvalue weighted by Gasteiger charge is -2.08. The molecule has 1 heterocycles. The van der Waals surface area contributed by atoms with Crippen molar-refractivity contribution < 1.29 is 19.0 Å². The summed E-state index contributed by atoms with van der Waals surface area (Å²) in [6.45, 7) is 0. The Labute approximate surface area is 176 Å². The van der Waals surface area contributed by atoms with Crippen molar-refractivity contribution in [2.24, 2.45) is 0 Å². The highest BCUT2D eigenvalue weighted by Gasteiger charge is 2.20. The fourth-order valence-corrected chi connectivity index (χ4v) is 3.03. The van der Waals surface area contributed by atoms with Crippen molar-refractivity contribution in [2.45, 2.75) is 0 Å². The minimum Gasteiger partial charge on any atom is -0.496 e. The van der Waals surface area contributed by atoms with E-state index in [2.05, 4.69) is 15.5 Å². The first-order chi connectivity index (χ1) is 15.1. The first-order valence-electron chi connectivity index (χ1n) is 9.19. The van der Waals surface area contributed by atoms with Gasteiger partial charge in [-0.25, -0.2) is 0 Å². The van der Waals surface area contributed by atoms with Crippen LogP contribution in [-0.4, -0.2) is 28.1 Å². The maximum absolute atomic E-state index is 12.9. The largest absolute Gasteiger partial charge is 0.496 e. The quantitative estimate of drug-likeness (QED) is 0.361. The SMILES string of the molecule is COc1ccccc1-c1noc(-c2ccccc2C(=O)Nc2cccc([N+](=O)[O-])c2)n1. The Hall–Kier alpha value is -4.53. The minimum absolute atomic E-state index is 0.121. The summed E-state index contributed by atoms with van der Waals surface area (Å²) < 4.78 is 10.7. The lowest BCUT2D eigenvalue weighted by molar-refractivity contribution is -0.384. The van der Waals surface area contributed by atoms with Gasteiger partial charge in [0, 0.05) is 17.8 Å². The highest BCUT2D eigenvalue weighted by Crippen LogP contribution is 2.30. The van der Waals surface area contributed by atoms with Crippen molar-refractivity contribution in [3.8, 4) is 28.6 Å². The van der Waals surface area contributed by atoms with Crippen LogP contribution in [-0.2, 0) is 0 Å². The van der Waals surface area contributed by atoms with E-state index >= 15 is 0 Å². The van der Waals surface area contributed by atoms with Gasteiger partial charge in [0.1, 0.15) is 5.75 Å². The van der Waals surface area contributed by atoms with Crippen LogP contribution in [0.15, 0.2) is 77.3 Å². The van der Waals surface area contributed by atoms with Crippen LogP contribution in [0.4, 0.5) is 11.4 Å². The molecule has 0 unspecified atom stereocenters. The maximum Gasteiger partial charge on any atom is 0.271 e. The summed E-state index contributed by atoms with van der Waals surface area (Å²) in [6.07, 6.45) is 0. The Morgan fingerprint density at radius 1 is 1.03 bits per heavy atom. The molecule has 0 radical (unpaired) electrons. The number of methoxy groups -OCH3 is 1. The van der Waals surface area contributed by atoms with E-state index in [-0.39, 0.29) is 17.1 Å². The van der Waals surface area contributed by atoms with Gasteiger partial charge in [-0.1, -0.05) is 35.5 Å². The number of benzene rings is 3. The lowest BCUT2D eigenvalue weighted by Crippen LogP contribution is -2.13. The van der Waals surface area contributed by atoms with Crippen molar-refractivity contribution in [3.63, 3.8) is 0 Å². The number of para-hydroxylation sites is 1. The molecule has 3 aromatic carbocycles. The number of anilines is 1. The van der Waals surface area contributed by atoms with Crippen LogP contribution in [0.5, 0.6) is 5.75 Å². The van der Waals surface area contributed by atoms with E-state index in [1.165, 1.54) is 18.2 Å². The number of amides is 1. The topological polar surface area (TPSA) is 120 Å². The second kappa shape index (κ2) is 8.46. The van der Waals surface area contributed by atoms with Gasteiger partial charge >= 0.3 is 0 Å². The second-order valence-electron chi connectivity index (χ2n) is 6.43. The molecule has 4 rings (SSSR count). The third-order valence-corrected chi connectivity index (χ3v) is 4.49. The molecule has 4 aromatic rings. The smallest absolute Gasteiger partial charge is 0.271 e. The third kappa shape index (κ3) is 4.10. The summed E-state index contributed by atoms with van der Waals surface area (Å²) >= 11 is 0. The van der Waals surface area contributed by atoms with Gasteiger partial charge < -0.3 is 14.6 Å². The van der Waals surface area contributed by atoms with Gasteiger partial charge in [-0.2, -0.15) is 4.98 Å². The first-order valence-corrected chi connectivity index (χ1v) is 9.19. The Balaban J connectivity index is 1.65. The number of carbonyl (C=O) groups is 1. The fourth-order valence-electron chi connectivity index (χ4n) is 3.03. The molecular weight excluding hydrogens is 400 g/mol. The summed E-state index contributed by atoms with van der Waals surface area (Å²) in [5.74, 6) is 0.603. The Kier molecular flexibility index (Phi) is 5.39. The average molecular weight is 416 g/mol. The minimum atomic E-state index is -0.526. The molecular formula is C22H16N4O5. The Bertz CT molecular complexity index is 1270. The molecule has 0 aliphatic rings. The van der Waals surface area contributed by atoms with E-state index in [9.17, 15) is 14.9 Å². The molecule has 0 aliphatic carbocycles. The van der Waals surface area contributed by atoms with E-state index in [4.69, 9.17) is 9.26 Å². The van der Waals surface area contributed by atoms with Gasteiger partial charge in [0.25, 0.3) is 17.5 Å². The molecule has 9 heteroatoms.